The van der Waals surface area contributed by atoms with Gasteiger partial charge in [-0.05, 0) is 35.4 Å². The normalized spacial score (nSPS) is 11.0. The summed E-state index contributed by atoms with van der Waals surface area (Å²) in [5.41, 5.74) is 6.06. The average Bonchev–Trinajstić information content (AvgIpc) is 2.66. The van der Waals surface area contributed by atoms with Crippen LogP contribution in [0.5, 0.6) is 5.75 Å². The summed E-state index contributed by atoms with van der Waals surface area (Å²) in [6, 6.07) is 12.7. The Kier molecular flexibility index (Phi) is 7.39. The first-order chi connectivity index (χ1) is 13.3. The molecule has 6 nitrogen and oxygen atoms in total. The molecule has 150 valence electrons. The smallest absolute Gasteiger partial charge is 0.411 e. The van der Waals surface area contributed by atoms with Gasteiger partial charge in [-0.25, -0.2) is 0 Å². The molecule has 0 atom stereocenters. The number of carbonyl (C=O) groups excluding carboxylic acids is 2. The van der Waals surface area contributed by atoms with Crippen LogP contribution in [0, 0.1) is 0 Å². The Morgan fingerprint density at radius 3 is 2.11 bits per heavy atom. The van der Waals surface area contributed by atoms with Gasteiger partial charge < -0.3 is 9.47 Å². The minimum absolute atomic E-state index is 0.0692. The molecule has 0 saturated heterocycles. The van der Waals surface area contributed by atoms with Crippen LogP contribution in [0.1, 0.15) is 21.5 Å². The maximum absolute atomic E-state index is 12.0. The first-order valence-electron chi connectivity index (χ1n) is 8.22. The predicted molar refractivity (Wildman–Crippen MR) is 94.5 cm³/mol. The van der Waals surface area contributed by atoms with Gasteiger partial charge in [0.1, 0.15) is 12.4 Å². The minimum Gasteiger partial charge on any atom is -0.497 e. The highest BCUT2D eigenvalue weighted by Crippen LogP contribution is 2.16. The van der Waals surface area contributed by atoms with E-state index >= 15 is 0 Å². The molecule has 0 radical (unpaired) electrons. The van der Waals surface area contributed by atoms with Crippen LogP contribution in [-0.2, 0) is 22.6 Å². The SMILES string of the molecule is COc1ccc(CC(=O)NNC(=O)c2ccc(COCC(F)(F)F)cc2)cc1. The number of methoxy groups -OCH3 is 1. The maximum atomic E-state index is 12.0. The molecular formula is C19H19F3N2O4. The molecule has 0 fully saturated rings. The predicted octanol–water partition coefficient (Wildman–Crippen LogP) is 2.78. The summed E-state index contributed by atoms with van der Waals surface area (Å²) in [4.78, 5) is 23.9. The molecule has 2 rings (SSSR count). The molecule has 2 N–H and O–H groups in total. The lowest BCUT2D eigenvalue weighted by Crippen LogP contribution is -2.42. The Morgan fingerprint density at radius 1 is 0.929 bits per heavy atom. The molecule has 0 heterocycles. The van der Waals surface area contributed by atoms with Crippen LogP contribution < -0.4 is 15.6 Å². The zero-order chi connectivity index (χ0) is 20.6. The molecule has 28 heavy (non-hydrogen) atoms. The van der Waals surface area contributed by atoms with Crippen LogP contribution in [0.25, 0.3) is 0 Å². The maximum Gasteiger partial charge on any atom is 0.411 e. The topological polar surface area (TPSA) is 76.7 Å². The van der Waals surface area contributed by atoms with Crippen molar-refractivity contribution in [2.75, 3.05) is 13.7 Å². The fourth-order valence-corrected chi connectivity index (χ4v) is 2.21. The molecule has 9 heteroatoms. The van der Waals surface area contributed by atoms with Crippen molar-refractivity contribution in [3.8, 4) is 5.75 Å². The fraction of sp³-hybridized carbons (Fsp3) is 0.263. The van der Waals surface area contributed by atoms with E-state index in [1.807, 2.05) is 0 Å². The molecular weight excluding hydrogens is 377 g/mol. The van der Waals surface area contributed by atoms with Gasteiger partial charge in [0.05, 0.1) is 20.1 Å². The molecule has 2 aromatic rings. The highest BCUT2D eigenvalue weighted by atomic mass is 19.4. The van der Waals surface area contributed by atoms with E-state index in [1.54, 1.807) is 31.4 Å². The number of halogens is 3. The van der Waals surface area contributed by atoms with Crippen LogP contribution in [0.15, 0.2) is 48.5 Å². The van der Waals surface area contributed by atoms with Gasteiger partial charge in [0.25, 0.3) is 5.91 Å². The van der Waals surface area contributed by atoms with Gasteiger partial charge in [0.15, 0.2) is 0 Å². The van der Waals surface area contributed by atoms with E-state index in [9.17, 15) is 22.8 Å². The van der Waals surface area contributed by atoms with Gasteiger partial charge in [-0.1, -0.05) is 24.3 Å². The van der Waals surface area contributed by atoms with Gasteiger partial charge in [0.2, 0.25) is 5.91 Å². The Hall–Kier alpha value is -3.07. The number of nitrogens with one attached hydrogen (secondary N) is 2. The number of hydrogen-bond acceptors (Lipinski definition) is 4. The monoisotopic (exact) mass is 396 g/mol. The molecule has 0 saturated carbocycles. The van der Waals surface area contributed by atoms with Gasteiger partial charge in [-0.15, -0.1) is 0 Å². The summed E-state index contributed by atoms with van der Waals surface area (Å²) >= 11 is 0. The van der Waals surface area contributed by atoms with Crippen LogP contribution in [-0.4, -0.2) is 31.7 Å². The Balaban J connectivity index is 1.77. The lowest BCUT2D eigenvalue weighted by atomic mass is 10.1. The van der Waals surface area contributed by atoms with E-state index in [2.05, 4.69) is 15.6 Å². The highest BCUT2D eigenvalue weighted by molar-refractivity contribution is 5.95. The Morgan fingerprint density at radius 2 is 1.54 bits per heavy atom. The van der Waals surface area contributed by atoms with Crippen LogP contribution in [0.4, 0.5) is 13.2 Å². The third-order valence-electron chi connectivity index (χ3n) is 3.59. The van der Waals surface area contributed by atoms with Crippen molar-refractivity contribution in [2.24, 2.45) is 0 Å². The van der Waals surface area contributed by atoms with Gasteiger partial charge in [-0.3, -0.25) is 20.4 Å². The van der Waals surface area contributed by atoms with Crippen molar-refractivity contribution < 1.29 is 32.2 Å². The van der Waals surface area contributed by atoms with Crippen molar-refractivity contribution in [3.05, 3.63) is 65.2 Å². The third-order valence-corrected chi connectivity index (χ3v) is 3.59. The second-order valence-corrected chi connectivity index (χ2v) is 5.83. The summed E-state index contributed by atoms with van der Waals surface area (Å²) in [6.07, 6.45) is -4.32. The fourth-order valence-electron chi connectivity index (χ4n) is 2.21. The van der Waals surface area contributed by atoms with Gasteiger partial charge >= 0.3 is 6.18 Å². The summed E-state index contributed by atoms with van der Waals surface area (Å²) in [7, 11) is 1.54. The Bertz CT molecular complexity index is 790. The minimum atomic E-state index is -4.39. The molecule has 2 aromatic carbocycles. The first kappa shape index (κ1) is 21.2. The van der Waals surface area contributed by atoms with Crippen LogP contribution in [0.3, 0.4) is 0 Å². The van der Waals surface area contributed by atoms with Gasteiger partial charge in [-0.2, -0.15) is 13.2 Å². The van der Waals surface area contributed by atoms with Crippen molar-refractivity contribution in [1.82, 2.24) is 10.9 Å². The molecule has 2 amide bonds. The first-order valence-corrected chi connectivity index (χ1v) is 8.22. The molecule has 0 bridgehead atoms. The van der Waals surface area contributed by atoms with Crippen molar-refractivity contribution in [3.63, 3.8) is 0 Å². The van der Waals surface area contributed by atoms with E-state index in [0.29, 0.717) is 11.3 Å². The van der Waals surface area contributed by atoms with Crippen molar-refractivity contribution in [1.29, 1.82) is 0 Å². The number of rotatable bonds is 7. The summed E-state index contributed by atoms with van der Waals surface area (Å²) in [6.45, 7) is -1.56. The van der Waals surface area contributed by atoms with E-state index in [1.165, 1.54) is 24.3 Å². The van der Waals surface area contributed by atoms with Crippen LogP contribution >= 0.6 is 0 Å². The van der Waals surface area contributed by atoms with Gasteiger partial charge in [0, 0.05) is 5.56 Å². The highest BCUT2D eigenvalue weighted by Gasteiger charge is 2.27. The number of benzene rings is 2. The number of hydrazine groups is 1. The van der Waals surface area contributed by atoms with Crippen LogP contribution in [0.2, 0.25) is 0 Å². The molecule has 0 aliphatic carbocycles. The number of hydrogen-bond donors (Lipinski definition) is 2. The molecule has 0 unspecified atom stereocenters. The van der Waals surface area contributed by atoms with Crippen molar-refractivity contribution >= 4 is 11.8 Å². The van der Waals surface area contributed by atoms with Crippen molar-refractivity contribution in [2.45, 2.75) is 19.2 Å². The number of ether oxygens (including phenoxy) is 2. The average molecular weight is 396 g/mol. The zero-order valence-electron chi connectivity index (χ0n) is 15.0. The summed E-state index contributed by atoms with van der Waals surface area (Å²) in [5, 5.41) is 0. The van der Waals surface area contributed by atoms with E-state index in [4.69, 9.17) is 4.74 Å². The third kappa shape index (κ3) is 7.28. The molecule has 0 spiro atoms. The quantitative estimate of drug-likeness (QED) is 0.706. The second kappa shape index (κ2) is 9.75. The summed E-state index contributed by atoms with van der Waals surface area (Å²) in [5.74, 6) is -0.286. The summed E-state index contributed by atoms with van der Waals surface area (Å²) < 4.78 is 45.7. The zero-order valence-corrected chi connectivity index (χ0v) is 15.0. The molecule has 0 aliphatic heterocycles. The lowest BCUT2D eigenvalue weighted by molar-refractivity contribution is -0.176. The molecule has 0 aliphatic rings. The second-order valence-electron chi connectivity index (χ2n) is 5.83. The lowest BCUT2D eigenvalue weighted by Gasteiger charge is -2.09. The number of amides is 2. The standard InChI is InChI=1S/C19H19F3N2O4/c1-27-16-8-4-13(5-9-16)10-17(25)23-24-18(26)15-6-2-14(3-7-15)11-28-12-19(20,21)22/h2-9H,10-12H2,1H3,(H,23,25)(H,24,26). The number of carbonyl (C=O) groups is 2. The number of alkyl halides is 3. The largest absolute Gasteiger partial charge is 0.497 e. The van der Waals surface area contributed by atoms with E-state index in [0.717, 1.165) is 5.56 Å². The van der Waals surface area contributed by atoms with E-state index < -0.39 is 24.6 Å². The Labute approximate surface area is 159 Å². The van der Waals surface area contributed by atoms with E-state index in [-0.39, 0.29) is 18.6 Å². The molecule has 0 aromatic heterocycles.